The van der Waals surface area contributed by atoms with Gasteiger partial charge in [0.15, 0.2) is 0 Å². The molecule has 112 valence electrons. The van der Waals surface area contributed by atoms with Crippen LogP contribution in [0.3, 0.4) is 0 Å². The standard InChI is InChI=1S/C16H21N3O2/c1-2-21-16(20)13-5-4-10-18(11-13)12-15-7-3-6-14-8-9-17-19(14)15/h3,6-9,13H,2,4-5,10-12H2,1H3. The van der Waals surface area contributed by atoms with Crippen molar-refractivity contribution in [2.24, 2.45) is 5.92 Å². The number of aromatic nitrogens is 2. The monoisotopic (exact) mass is 287 g/mol. The number of hydrogen-bond acceptors (Lipinski definition) is 4. The molecule has 0 saturated carbocycles. The Morgan fingerprint density at radius 1 is 1.43 bits per heavy atom. The second kappa shape index (κ2) is 6.26. The van der Waals surface area contributed by atoms with Crippen LogP contribution >= 0.6 is 0 Å². The second-order valence-electron chi connectivity index (χ2n) is 5.51. The van der Waals surface area contributed by atoms with Crippen LogP contribution in [0.25, 0.3) is 5.52 Å². The van der Waals surface area contributed by atoms with Gasteiger partial charge in [0.05, 0.1) is 23.7 Å². The summed E-state index contributed by atoms with van der Waals surface area (Å²) in [5, 5.41) is 4.37. The first-order valence-corrected chi connectivity index (χ1v) is 7.58. The van der Waals surface area contributed by atoms with Crippen molar-refractivity contribution in [2.45, 2.75) is 26.3 Å². The van der Waals surface area contributed by atoms with Crippen molar-refractivity contribution in [2.75, 3.05) is 19.7 Å². The van der Waals surface area contributed by atoms with Crippen LogP contribution in [0.4, 0.5) is 0 Å². The number of hydrogen-bond donors (Lipinski definition) is 0. The number of nitrogens with zero attached hydrogens (tertiary/aromatic N) is 3. The predicted molar refractivity (Wildman–Crippen MR) is 79.8 cm³/mol. The molecule has 0 amide bonds. The number of fused-ring (bicyclic) bond motifs is 1. The minimum absolute atomic E-state index is 0.00974. The molecule has 1 atom stereocenters. The fraction of sp³-hybridized carbons (Fsp3) is 0.500. The molecular weight excluding hydrogens is 266 g/mol. The summed E-state index contributed by atoms with van der Waals surface area (Å²) in [4.78, 5) is 14.2. The molecule has 0 spiro atoms. The molecule has 0 aliphatic carbocycles. The molecule has 1 unspecified atom stereocenters. The van der Waals surface area contributed by atoms with Gasteiger partial charge in [-0.2, -0.15) is 5.10 Å². The fourth-order valence-electron chi connectivity index (χ4n) is 3.01. The Kier molecular flexibility index (Phi) is 4.20. The Morgan fingerprint density at radius 3 is 3.19 bits per heavy atom. The lowest BCUT2D eigenvalue weighted by atomic mass is 9.98. The minimum atomic E-state index is -0.0560. The van der Waals surface area contributed by atoms with Gasteiger partial charge in [-0.15, -0.1) is 0 Å². The van der Waals surface area contributed by atoms with Crippen LogP contribution in [0.15, 0.2) is 30.5 Å². The van der Waals surface area contributed by atoms with E-state index in [1.54, 1.807) is 0 Å². The SMILES string of the molecule is CCOC(=O)C1CCCN(Cc2cccc3ccnn23)C1. The molecule has 0 radical (unpaired) electrons. The van der Waals surface area contributed by atoms with Crippen molar-refractivity contribution in [3.63, 3.8) is 0 Å². The van der Waals surface area contributed by atoms with E-state index in [1.165, 1.54) is 0 Å². The fourth-order valence-corrected chi connectivity index (χ4v) is 3.01. The van der Waals surface area contributed by atoms with Crippen molar-refractivity contribution in [3.05, 3.63) is 36.2 Å². The summed E-state index contributed by atoms with van der Waals surface area (Å²) in [5.41, 5.74) is 2.26. The lowest BCUT2D eigenvalue weighted by Crippen LogP contribution is -2.39. The summed E-state index contributed by atoms with van der Waals surface area (Å²) in [6, 6.07) is 8.20. The predicted octanol–water partition coefficient (Wildman–Crippen LogP) is 2.11. The number of pyridine rings is 1. The van der Waals surface area contributed by atoms with Crippen molar-refractivity contribution < 1.29 is 9.53 Å². The van der Waals surface area contributed by atoms with Crippen LogP contribution in [-0.4, -0.2) is 40.2 Å². The van der Waals surface area contributed by atoms with Crippen molar-refractivity contribution in [3.8, 4) is 0 Å². The highest BCUT2D eigenvalue weighted by atomic mass is 16.5. The first kappa shape index (κ1) is 14.1. The van der Waals surface area contributed by atoms with E-state index in [9.17, 15) is 4.79 Å². The molecule has 3 heterocycles. The Bertz CT molecular complexity index is 623. The molecule has 5 nitrogen and oxygen atoms in total. The normalized spacial score (nSPS) is 19.8. The van der Waals surface area contributed by atoms with E-state index >= 15 is 0 Å². The minimum Gasteiger partial charge on any atom is -0.466 e. The first-order valence-electron chi connectivity index (χ1n) is 7.58. The van der Waals surface area contributed by atoms with Gasteiger partial charge in [0.1, 0.15) is 0 Å². The van der Waals surface area contributed by atoms with Gasteiger partial charge in [-0.25, -0.2) is 4.52 Å². The number of esters is 1. The van der Waals surface area contributed by atoms with Gasteiger partial charge < -0.3 is 4.74 Å². The van der Waals surface area contributed by atoms with Crippen LogP contribution in [0.5, 0.6) is 0 Å². The maximum absolute atomic E-state index is 11.9. The van der Waals surface area contributed by atoms with E-state index in [1.807, 2.05) is 29.8 Å². The molecule has 0 aromatic carbocycles. The highest BCUT2D eigenvalue weighted by molar-refractivity contribution is 5.72. The quantitative estimate of drug-likeness (QED) is 0.808. The van der Waals surface area contributed by atoms with E-state index in [4.69, 9.17) is 4.74 Å². The first-order chi connectivity index (χ1) is 10.3. The molecule has 0 bridgehead atoms. The molecule has 0 N–H and O–H groups in total. The number of carbonyl (C=O) groups is 1. The largest absolute Gasteiger partial charge is 0.466 e. The van der Waals surface area contributed by atoms with Crippen LogP contribution in [0.2, 0.25) is 0 Å². The average Bonchev–Trinajstić information content (AvgIpc) is 2.97. The zero-order valence-electron chi connectivity index (χ0n) is 12.4. The van der Waals surface area contributed by atoms with Gasteiger partial charge in [0, 0.05) is 19.3 Å². The third-order valence-corrected chi connectivity index (χ3v) is 4.01. The number of rotatable bonds is 4. The lowest BCUT2D eigenvalue weighted by Gasteiger charge is -2.31. The molecule has 2 aromatic rings. The highest BCUT2D eigenvalue weighted by Gasteiger charge is 2.27. The van der Waals surface area contributed by atoms with E-state index in [0.29, 0.717) is 6.61 Å². The smallest absolute Gasteiger partial charge is 0.310 e. The highest BCUT2D eigenvalue weighted by Crippen LogP contribution is 2.20. The maximum atomic E-state index is 11.9. The van der Waals surface area contributed by atoms with Gasteiger partial charge >= 0.3 is 5.97 Å². The van der Waals surface area contributed by atoms with Crippen molar-refractivity contribution >= 4 is 11.5 Å². The Hall–Kier alpha value is -1.88. The number of ether oxygens (including phenoxy) is 1. The summed E-state index contributed by atoms with van der Waals surface area (Å²) in [6.45, 7) is 4.93. The summed E-state index contributed by atoms with van der Waals surface area (Å²) >= 11 is 0. The van der Waals surface area contributed by atoms with Crippen LogP contribution in [0, 0.1) is 5.92 Å². The molecule has 1 aliphatic rings. The molecule has 5 heteroatoms. The van der Waals surface area contributed by atoms with Gasteiger partial charge in [0.2, 0.25) is 0 Å². The number of piperidine rings is 1. The topological polar surface area (TPSA) is 46.8 Å². The average molecular weight is 287 g/mol. The zero-order valence-corrected chi connectivity index (χ0v) is 12.4. The zero-order chi connectivity index (χ0) is 14.7. The number of carbonyl (C=O) groups excluding carboxylic acids is 1. The molecule has 1 saturated heterocycles. The van der Waals surface area contributed by atoms with E-state index in [0.717, 1.165) is 43.7 Å². The second-order valence-corrected chi connectivity index (χ2v) is 5.51. The summed E-state index contributed by atoms with van der Waals surface area (Å²) in [5.74, 6) is -0.0463. The van der Waals surface area contributed by atoms with Crippen LogP contribution < -0.4 is 0 Å². The van der Waals surface area contributed by atoms with Gasteiger partial charge in [-0.05, 0) is 44.5 Å². The summed E-state index contributed by atoms with van der Waals surface area (Å²) in [7, 11) is 0. The molecule has 1 fully saturated rings. The molecule has 21 heavy (non-hydrogen) atoms. The third kappa shape index (κ3) is 3.08. The lowest BCUT2D eigenvalue weighted by molar-refractivity contribution is -0.150. The van der Waals surface area contributed by atoms with Crippen molar-refractivity contribution in [1.29, 1.82) is 0 Å². The Balaban J connectivity index is 1.70. The summed E-state index contributed by atoms with van der Waals surface area (Å²) < 4.78 is 7.12. The molecular formula is C16H21N3O2. The van der Waals surface area contributed by atoms with Gasteiger partial charge in [-0.1, -0.05) is 6.07 Å². The van der Waals surface area contributed by atoms with Crippen LogP contribution in [0.1, 0.15) is 25.5 Å². The van der Waals surface area contributed by atoms with Crippen molar-refractivity contribution in [1.82, 2.24) is 14.5 Å². The Morgan fingerprint density at radius 2 is 2.33 bits per heavy atom. The van der Waals surface area contributed by atoms with Gasteiger partial charge in [0.25, 0.3) is 0 Å². The van der Waals surface area contributed by atoms with Crippen LogP contribution in [-0.2, 0) is 16.1 Å². The molecule has 2 aromatic heterocycles. The summed E-state index contributed by atoms with van der Waals surface area (Å²) in [6.07, 6.45) is 3.79. The Labute approximate surface area is 124 Å². The van der Waals surface area contributed by atoms with E-state index < -0.39 is 0 Å². The maximum Gasteiger partial charge on any atom is 0.310 e. The van der Waals surface area contributed by atoms with E-state index in [2.05, 4.69) is 22.1 Å². The number of likely N-dealkylation sites (tertiary alicyclic amines) is 1. The molecule has 3 rings (SSSR count). The third-order valence-electron chi connectivity index (χ3n) is 4.01. The van der Waals surface area contributed by atoms with Gasteiger partial charge in [-0.3, -0.25) is 9.69 Å². The van der Waals surface area contributed by atoms with E-state index in [-0.39, 0.29) is 11.9 Å². The molecule has 1 aliphatic heterocycles.